The molecule has 0 bridgehead atoms. The highest BCUT2D eigenvalue weighted by Crippen LogP contribution is 2.13. The van der Waals surface area contributed by atoms with Crippen molar-refractivity contribution in [3.63, 3.8) is 0 Å². The van der Waals surface area contributed by atoms with Gasteiger partial charge in [0.25, 0.3) is 0 Å². The van der Waals surface area contributed by atoms with Gasteiger partial charge >= 0.3 is 0 Å². The van der Waals surface area contributed by atoms with Gasteiger partial charge in [-0.1, -0.05) is 18.2 Å². The van der Waals surface area contributed by atoms with Crippen molar-refractivity contribution in [1.29, 1.82) is 0 Å². The summed E-state index contributed by atoms with van der Waals surface area (Å²) in [6, 6.07) is 13.5. The summed E-state index contributed by atoms with van der Waals surface area (Å²) in [4.78, 5) is 4.09. The average Bonchev–Trinajstić information content (AvgIpc) is 2.42. The van der Waals surface area contributed by atoms with Crippen LogP contribution in [0, 0.1) is 0 Å². The number of para-hydroxylation sites is 1. The van der Waals surface area contributed by atoms with Gasteiger partial charge < -0.3 is 9.47 Å². The number of aromatic nitrogens is 1. The van der Waals surface area contributed by atoms with E-state index in [4.69, 9.17) is 9.47 Å². The number of hydrogen-bond acceptors (Lipinski definition) is 3. The predicted octanol–water partition coefficient (Wildman–Crippen LogP) is 3.69. The van der Waals surface area contributed by atoms with E-state index in [9.17, 15) is 0 Å². The Morgan fingerprint density at radius 3 is 2.28 bits per heavy atom. The zero-order valence-corrected chi connectivity index (χ0v) is 11.5. The zero-order chi connectivity index (χ0) is 12.6. The zero-order valence-electron chi connectivity index (χ0n) is 9.88. The standard InChI is InChI=1S/C14H14BrNO2/c15-14-8-7-13(11-16-14)18-10-4-9-17-12-5-2-1-3-6-12/h1-3,5-8,11H,4,9-10H2. The molecule has 0 aliphatic heterocycles. The number of ether oxygens (including phenoxy) is 2. The molecule has 0 fully saturated rings. The molecule has 1 aromatic heterocycles. The maximum absolute atomic E-state index is 5.56. The fourth-order valence-electron chi connectivity index (χ4n) is 1.40. The fourth-order valence-corrected chi connectivity index (χ4v) is 1.64. The summed E-state index contributed by atoms with van der Waals surface area (Å²) >= 11 is 3.28. The summed E-state index contributed by atoms with van der Waals surface area (Å²) in [5.74, 6) is 1.67. The van der Waals surface area contributed by atoms with E-state index in [2.05, 4.69) is 20.9 Å². The van der Waals surface area contributed by atoms with Crippen LogP contribution in [0.3, 0.4) is 0 Å². The molecule has 0 N–H and O–H groups in total. The van der Waals surface area contributed by atoms with Crippen LogP contribution in [0.5, 0.6) is 11.5 Å². The van der Waals surface area contributed by atoms with Crippen molar-refractivity contribution in [3.8, 4) is 11.5 Å². The molecule has 0 saturated heterocycles. The number of nitrogens with zero attached hydrogens (tertiary/aromatic N) is 1. The lowest BCUT2D eigenvalue weighted by Gasteiger charge is -2.07. The van der Waals surface area contributed by atoms with Crippen molar-refractivity contribution in [3.05, 3.63) is 53.3 Å². The molecule has 2 aromatic rings. The fraction of sp³-hybridized carbons (Fsp3) is 0.214. The number of pyridine rings is 1. The summed E-state index contributed by atoms with van der Waals surface area (Å²) in [5.41, 5.74) is 0. The summed E-state index contributed by atoms with van der Waals surface area (Å²) in [7, 11) is 0. The van der Waals surface area contributed by atoms with Gasteiger partial charge in [-0.05, 0) is 40.2 Å². The van der Waals surface area contributed by atoms with Gasteiger partial charge in [-0.2, -0.15) is 0 Å². The van der Waals surface area contributed by atoms with Crippen molar-refractivity contribution in [2.75, 3.05) is 13.2 Å². The van der Waals surface area contributed by atoms with E-state index in [1.54, 1.807) is 6.20 Å². The Morgan fingerprint density at radius 2 is 1.61 bits per heavy atom. The molecule has 0 aliphatic rings. The van der Waals surface area contributed by atoms with Crippen LogP contribution in [0.2, 0.25) is 0 Å². The van der Waals surface area contributed by atoms with Crippen LogP contribution < -0.4 is 9.47 Å². The first-order valence-corrected chi connectivity index (χ1v) is 6.56. The van der Waals surface area contributed by atoms with Gasteiger partial charge in [0.05, 0.1) is 19.4 Å². The van der Waals surface area contributed by atoms with E-state index < -0.39 is 0 Å². The molecule has 2 rings (SSSR count). The van der Waals surface area contributed by atoms with Gasteiger partial charge in [0, 0.05) is 6.42 Å². The normalized spacial score (nSPS) is 10.1. The molecule has 1 aromatic carbocycles. The van der Waals surface area contributed by atoms with Gasteiger partial charge in [-0.15, -0.1) is 0 Å². The summed E-state index contributed by atoms with van der Waals surface area (Å²) in [6.07, 6.45) is 2.53. The monoisotopic (exact) mass is 307 g/mol. The lowest BCUT2D eigenvalue weighted by Crippen LogP contribution is -2.05. The van der Waals surface area contributed by atoms with E-state index in [1.807, 2.05) is 42.5 Å². The van der Waals surface area contributed by atoms with Crippen molar-refractivity contribution in [2.24, 2.45) is 0 Å². The van der Waals surface area contributed by atoms with E-state index in [0.717, 1.165) is 22.5 Å². The first-order valence-electron chi connectivity index (χ1n) is 5.77. The predicted molar refractivity (Wildman–Crippen MR) is 74.0 cm³/mol. The van der Waals surface area contributed by atoms with Gasteiger partial charge in [-0.3, -0.25) is 0 Å². The Morgan fingerprint density at radius 1 is 0.889 bits per heavy atom. The Hall–Kier alpha value is -1.55. The summed E-state index contributed by atoms with van der Waals surface area (Å²) in [6.45, 7) is 1.27. The highest BCUT2D eigenvalue weighted by molar-refractivity contribution is 9.10. The maximum atomic E-state index is 5.56. The van der Waals surface area contributed by atoms with Gasteiger partial charge in [0.2, 0.25) is 0 Å². The minimum Gasteiger partial charge on any atom is -0.493 e. The largest absolute Gasteiger partial charge is 0.493 e. The average molecular weight is 308 g/mol. The first kappa shape index (κ1) is 12.9. The van der Waals surface area contributed by atoms with E-state index in [0.29, 0.717) is 13.2 Å². The molecule has 0 saturated carbocycles. The highest BCUT2D eigenvalue weighted by atomic mass is 79.9. The highest BCUT2D eigenvalue weighted by Gasteiger charge is 1.96. The molecule has 0 spiro atoms. The van der Waals surface area contributed by atoms with E-state index >= 15 is 0 Å². The molecular formula is C14H14BrNO2. The lowest BCUT2D eigenvalue weighted by molar-refractivity contribution is 0.247. The molecule has 18 heavy (non-hydrogen) atoms. The molecule has 0 aliphatic carbocycles. The van der Waals surface area contributed by atoms with Crippen LogP contribution in [0.1, 0.15) is 6.42 Å². The van der Waals surface area contributed by atoms with Crippen molar-refractivity contribution >= 4 is 15.9 Å². The maximum Gasteiger partial charge on any atom is 0.137 e. The third-order valence-electron chi connectivity index (χ3n) is 2.27. The topological polar surface area (TPSA) is 31.4 Å². The Bertz CT molecular complexity index is 459. The quantitative estimate of drug-likeness (QED) is 0.602. The number of halogens is 1. The second kappa shape index (κ2) is 7.01. The molecule has 0 unspecified atom stereocenters. The SMILES string of the molecule is Brc1ccc(OCCCOc2ccccc2)cn1. The van der Waals surface area contributed by atoms with Crippen molar-refractivity contribution < 1.29 is 9.47 Å². The van der Waals surface area contributed by atoms with Gasteiger partial charge in [0.1, 0.15) is 16.1 Å². The van der Waals surface area contributed by atoms with Crippen LogP contribution in [0.4, 0.5) is 0 Å². The molecule has 1 heterocycles. The Kier molecular flexibility index (Phi) is 5.02. The molecule has 94 valence electrons. The summed E-state index contributed by atoms with van der Waals surface area (Å²) in [5, 5.41) is 0. The van der Waals surface area contributed by atoms with Crippen LogP contribution in [0.25, 0.3) is 0 Å². The Labute approximate surface area is 115 Å². The molecule has 0 atom stereocenters. The van der Waals surface area contributed by atoms with E-state index in [1.165, 1.54) is 0 Å². The third-order valence-corrected chi connectivity index (χ3v) is 2.74. The van der Waals surface area contributed by atoms with Crippen LogP contribution >= 0.6 is 15.9 Å². The lowest BCUT2D eigenvalue weighted by atomic mass is 10.3. The number of rotatable bonds is 6. The van der Waals surface area contributed by atoms with Gasteiger partial charge in [-0.25, -0.2) is 4.98 Å². The second-order valence-electron chi connectivity index (χ2n) is 3.68. The van der Waals surface area contributed by atoms with Crippen LogP contribution in [-0.4, -0.2) is 18.2 Å². The number of hydrogen-bond donors (Lipinski definition) is 0. The minimum absolute atomic E-state index is 0.621. The molecule has 3 nitrogen and oxygen atoms in total. The van der Waals surface area contributed by atoms with Gasteiger partial charge in [0.15, 0.2) is 0 Å². The Balaban J connectivity index is 1.63. The molecular weight excluding hydrogens is 294 g/mol. The van der Waals surface area contributed by atoms with E-state index in [-0.39, 0.29) is 0 Å². The molecule has 4 heteroatoms. The molecule has 0 amide bonds. The summed E-state index contributed by atoms with van der Waals surface area (Å²) < 4.78 is 11.9. The molecule has 0 radical (unpaired) electrons. The number of benzene rings is 1. The smallest absolute Gasteiger partial charge is 0.137 e. The van der Waals surface area contributed by atoms with Crippen LogP contribution in [-0.2, 0) is 0 Å². The third kappa shape index (κ3) is 4.37. The second-order valence-corrected chi connectivity index (χ2v) is 4.49. The minimum atomic E-state index is 0.621. The van der Waals surface area contributed by atoms with Crippen molar-refractivity contribution in [1.82, 2.24) is 4.98 Å². The first-order chi connectivity index (χ1) is 8.84. The van der Waals surface area contributed by atoms with Crippen molar-refractivity contribution in [2.45, 2.75) is 6.42 Å². The van der Waals surface area contributed by atoms with Crippen LogP contribution in [0.15, 0.2) is 53.3 Å².